The van der Waals surface area contributed by atoms with Gasteiger partial charge in [0.2, 0.25) is 5.91 Å². The number of carbonyl (C=O) groups excluding carboxylic acids is 2. The topological polar surface area (TPSA) is 93.5 Å². The molecule has 1 aromatic carbocycles. The van der Waals surface area contributed by atoms with E-state index < -0.39 is 17.8 Å². The van der Waals surface area contributed by atoms with Crippen LogP contribution in [0.25, 0.3) is 0 Å². The van der Waals surface area contributed by atoms with Gasteiger partial charge >= 0.3 is 0 Å². The molecular formula is C15H21ClFN3O3. The van der Waals surface area contributed by atoms with Crippen LogP contribution < -0.4 is 16.4 Å². The van der Waals surface area contributed by atoms with E-state index >= 15 is 0 Å². The molecule has 2 rings (SSSR count). The fraction of sp³-hybridized carbons (Fsp3) is 0.467. The summed E-state index contributed by atoms with van der Waals surface area (Å²) in [5.74, 6) is -1.29. The number of rotatable bonds is 6. The molecule has 1 heterocycles. The first-order valence-electron chi connectivity index (χ1n) is 7.27. The summed E-state index contributed by atoms with van der Waals surface area (Å²) >= 11 is 0. The first kappa shape index (κ1) is 19.3. The predicted octanol–water partition coefficient (Wildman–Crippen LogP) is 0.600. The van der Waals surface area contributed by atoms with E-state index in [1.807, 2.05) is 0 Å². The standard InChI is InChI=1S/C15H20FN3O3.ClH/c16-12-4-2-1-3-11(12)14(20)18-7-8-19-15(21)13-6-5-10(9-17)22-13;/h1-4,10,13H,5-9,17H2,(H,18,20)(H,19,21);1H/t10-,13+;/m1./s1. The number of ether oxygens (including phenoxy) is 1. The third-order valence-corrected chi connectivity index (χ3v) is 3.49. The van der Waals surface area contributed by atoms with Crippen molar-refractivity contribution < 1.29 is 18.7 Å². The fourth-order valence-corrected chi connectivity index (χ4v) is 2.29. The Balaban J connectivity index is 0.00000264. The van der Waals surface area contributed by atoms with Crippen molar-refractivity contribution in [3.8, 4) is 0 Å². The Hall–Kier alpha value is -1.70. The number of nitrogens with one attached hydrogen (secondary N) is 2. The Morgan fingerprint density at radius 3 is 2.57 bits per heavy atom. The maximum Gasteiger partial charge on any atom is 0.254 e. The van der Waals surface area contributed by atoms with E-state index in [4.69, 9.17) is 10.5 Å². The van der Waals surface area contributed by atoms with Gasteiger partial charge in [0.1, 0.15) is 11.9 Å². The van der Waals surface area contributed by atoms with Crippen LogP contribution in [0.1, 0.15) is 23.2 Å². The Bertz CT molecular complexity index is 544. The van der Waals surface area contributed by atoms with Gasteiger partial charge in [0.05, 0.1) is 11.7 Å². The Morgan fingerprint density at radius 1 is 1.22 bits per heavy atom. The molecule has 0 radical (unpaired) electrons. The highest BCUT2D eigenvalue weighted by Crippen LogP contribution is 2.18. The molecule has 2 atom stereocenters. The van der Waals surface area contributed by atoms with E-state index in [9.17, 15) is 14.0 Å². The number of benzene rings is 1. The van der Waals surface area contributed by atoms with Gasteiger partial charge in [-0.1, -0.05) is 12.1 Å². The Labute approximate surface area is 140 Å². The van der Waals surface area contributed by atoms with Crippen LogP contribution in [0.15, 0.2) is 24.3 Å². The summed E-state index contributed by atoms with van der Waals surface area (Å²) in [6.45, 7) is 0.876. The van der Waals surface area contributed by atoms with E-state index in [2.05, 4.69) is 10.6 Å². The molecule has 1 saturated heterocycles. The first-order valence-corrected chi connectivity index (χ1v) is 7.27. The molecule has 0 aromatic heterocycles. The second kappa shape index (κ2) is 9.44. The molecule has 8 heteroatoms. The quantitative estimate of drug-likeness (QED) is 0.658. The van der Waals surface area contributed by atoms with Crippen molar-refractivity contribution in [3.63, 3.8) is 0 Å². The molecule has 6 nitrogen and oxygen atoms in total. The minimum atomic E-state index is -0.573. The summed E-state index contributed by atoms with van der Waals surface area (Å²) in [7, 11) is 0. The zero-order valence-electron chi connectivity index (χ0n) is 12.6. The van der Waals surface area contributed by atoms with Crippen molar-refractivity contribution in [2.45, 2.75) is 25.0 Å². The predicted molar refractivity (Wildman–Crippen MR) is 85.9 cm³/mol. The average molecular weight is 346 g/mol. The number of amides is 2. The zero-order valence-corrected chi connectivity index (χ0v) is 13.4. The minimum Gasteiger partial charge on any atom is -0.364 e. The lowest BCUT2D eigenvalue weighted by Crippen LogP contribution is -2.40. The minimum absolute atomic E-state index is 0. The summed E-state index contributed by atoms with van der Waals surface area (Å²) in [5.41, 5.74) is 5.47. The highest BCUT2D eigenvalue weighted by atomic mass is 35.5. The van der Waals surface area contributed by atoms with E-state index in [1.54, 1.807) is 6.07 Å². The lowest BCUT2D eigenvalue weighted by molar-refractivity contribution is -0.131. The molecular weight excluding hydrogens is 325 g/mol. The number of nitrogens with two attached hydrogens (primary N) is 1. The smallest absolute Gasteiger partial charge is 0.254 e. The molecule has 2 amide bonds. The number of hydrogen-bond acceptors (Lipinski definition) is 4. The molecule has 1 aromatic rings. The van der Waals surface area contributed by atoms with Gasteiger partial charge in [0, 0.05) is 19.6 Å². The zero-order chi connectivity index (χ0) is 15.9. The average Bonchev–Trinajstić information content (AvgIpc) is 3.00. The molecule has 128 valence electrons. The summed E-state index contributed by atoms with van der Waals surface area (Å²) in [6.07, 6.45) is 0.890. The maximum absolute atomic E-state index is 13.4. The SMILES string of the molecule is Cl.NC[C@H]1CC[C@@H](C(=O)NCCNC(=O)c2ccccc2F)O1. The molecule has 1 fully saturated rings. The largest absolute Gasteiger partial charge is 0.364 e. The fourth-order valence-electron chi connectivity index (χ4n) is 2.29. The van der Waals surface area contributed by atoms with E-state index in [0.717, 1.165) is 6.42 Å². The molecule has 0 aliphatic carbocycles. The normalized spacial score (nSPS) is 19.7. The maximum atomic E-state index is 13.4. The third kappa shape index (κ3) is 5.46. The molecule has 0 unspecified atom stereocenters. The molecule has 0 saturated carbocycles. The van der Waals surface area contributed by atoms with Crippen LogP contribution in [-0.2, 0) is 9.53 Å². The molecule has 4 N–H and O–H groups in total. The second-order valence-corrected chi connectivity index (χ2v) is 5.09. The van der Waals surface area contributed by atoms with Crippen LogP contribution in [0.2, 0.25) is 0 Å². The highest BCUT2D eigenvalue weighted by Gasteiger charge is 2.29. The summed E-state index contributed by atoms with van der Waals surface area (Å²) in [4.78, 5) is 23.6. The van der Waals surface area contributed by atoms with Crippen LogP contribution in [0, 0.1) is 5.82 Å². The molecule has 0 bridgehead atoms. The van der Waals surface area contributed by atoms with Crippen LogP contribution in [0.3, 0.4) is 0 Å². The molecule has 1 aliphatic heterocycles. The molecule has 0 spiro atoms. The lowest BCUT2D eigenvalue weighted by atomic mass is 10.2. The Morgan fingerprint density at radius 2 is 1.91 bits per heavy atom. The van der Waals surface area contributed by atoms with Crippen molar-refractivity contribution in [1.82, 2.24) is 10.6 Å². The lowest BCUT2D eigenvalue weighted by Gasteiger charge is -2.13. The summed E-state index contributed by atoms with van der Waals surface area (Å²) in [5, 5.41) is 5.23. The monoisotopic (exact) mass is 345 g/mol. The molecule has 1 aliphatic rings. The van der Waals surface area contributed by atoms with Gasteiger partial charge in [-0.2, -0.15) is 0 Å². The van der Waals surface area contributed by atoms with Gasteiger partial charge < -0.3 is 21.1 Å². The van der Waals surface area contributed by atoms with Crippen molar-refractivity contribution in [1.29, 1.82) is 0 Å². The van der Waals surface area contributed by atoms with Gasteiger partial charge in [-0.3, -0.25) is 9.59 Å². The van der Waals surface area contributed by atoms with Crippen LogP contribution in [-0.4, -0.2) is 43.7 Å². The van der Waals surface area contributed by atoms with E-state index in [1.165, 1.54) is 18.2 Å². The first-order chi connectivity index (χ1) is 10.6. The second-order valence-electron chi connectivity index (χ2n) is 5.09. The highest BCUT2D eigenvalue weighted by molar-refractivity contribution is 5.94. The van der Waals surface area contributed by atoms with Gasteiger partial charge in [-0.15, -0.1) is 12.4 Å². The number of carbonyl (C=O) groups is 2. The third-order valence-electron chi connectivity index (χ3n) is 3.49. The van der Waals surface area contributed by atoms with Crippen LogP contribution in [0.5, 0.6) is 0 Å². The summed E-state index contributed by atoms with van der Waals surface area (Å²) < 4.78 is 18.9. The van der Waals surface area contributed by atoms with Gasteiger partial charge in [0.15, 0.2) is 0 Å². The molecule has 23 heavy (non-hydrogen) atoms. The van der Waals surface area contributed by atoms with Crippen molar-refractivity contribution in [2.24, 2.45) is 5.73 Å². The number of hydrogen-bond donors (Lipinski definition) is 3. The van der Waals surface area contributed by atoms with Gasteiger partial charge in [0.25, 0.3) is 5.91 Å². The van der Waals surface area contributed by atoms with Gasteiger partial charge in [-0.05, 0) is 25.0 Å². The van der Waals surface area contributed by atoms with Crippen molar-refractivity contribution in [2.75, 3.05) is 19.6 Å². The van der Waals surface area contributed by atoms with Crippen molar-refractivity contribution in [3.05, 3.63) is 35.6 Å². The van der Waals surface area contributed by atoms with Crippen LogP contribution in [0.4, 0.5) is 4.39 Å². The summed E-state index contributed by atoms with van der Waals surface area (Å²) in [6, 6.07) is 5.73. The van der Waals surface area contributed by atoms with Gasteiger partial charge in [-0.25, -0.2) is 4.39 Å². The number of halogens is 2. The Kier molecular flexibility index (Phi) is 7.94. The van der Waals surface area contributed by atoms with E-state index in [-0.39, 0.29) is 43.1 Å². The van der Waals surface area contributed by atoms with E-state index in [0.29, 0.717) is 13.0 Å². The van der Waals surface area contributed by atoms with Crippen LogP contribution >= 0.6 is 12.4 Å². The van der Waals surface area contributed by atoms with Crippen molar-refractivity contribution >= 4 is 24.2 Å².